The van der Waals surface area contributed by atoms with Crippen LogP contribution in [-0.4, -0.2) is 44.9 Å². The molecule has 0 aliphatic heterocycles. The van der Waals surface area contributed by atoms with E-state index in [1.54, 1.807) is 14.2 Å². The SMILES string of the molecule is CN=C(NCC(C)c1ccccc1OC)NCC(CO)c1ccccc1. The Bertz CT molecular complexity index is 689. The van der Waals surface area contributed by atoms with Gasteiger partial charge in [-0.15, -0.1) is 0 Å². The van der Waals surface area contributed by atoms with Crippen molar-refractivity contribution in [2.45, 2.75) is 18.8 Å². The molecule has 3 N–H and O–H groups in total. The molecule has 0 radical (unpaired) electrons. The number of guanidine groups is 1. The first-order chi connectivity index (χ1) is 12.7. The highest BCUT2D eigenvalue weighted by Gasteiger charge is 2.13. The van der Waals surface area contributed by atoms with Crippen molar-refractivity contribution >= 4 is 5.96 Å². The van der Waals surface area contributed by atoms with Crippen molar-refractivity contribution in [3.05, 3.63) is 65.7 Å². The average molecular weight is 355 g/mol. The molecule has 0 aliphatic carbocycles. The first kappa shape index (κ1) is 19.8. The quantitative estimate of drug-likeness (QED) is 0.503. The first-order valence-electron chi connectivity index (χ1n) is 8.92. The van der Waals surface area contributed by atoms with Crippen molar-refractivity contribution in [1.29, 1.82) is 0 Å². The van der Waals surface area contributed by atoms with Crippen molar-refractivity contribution in [1.82, 2.24) is 10.6 Å². The minimum absolute atomic E-state index is 0.0291. The van der Waals surface area contributed by atoms with Gasteiger partial charge in [-0.2, -0.15) is 0 Å². The number of rotatable bonds is 8. The van der Waals surface area contributed by atoms with Crippen molar-refractivity contribution < 1.29 is 9.84 Å². The van der Waals surface area contributed by atoms with E-state index in [1.165, 1.54) is 0 Å². The van der Waals surface area contributed by atoms with Gasteiger partial charge in [0.25, 0.3) is 0 Å². The van der Waals surface area contributed by atoms with Gasteiger partial charge in [0.1, 0.15) is 5.75 Å². The number of hydrogen-bond donors (Lipinski definition) is 3. The summed E-state index contributed by atoms with van der Waals surface area (Å²) in [7, 11) is 3.44. The van der Waals surface area contributed by atoms with Crippen molar-refractivity contribution in [3.8, 4) is 5.75 Å². The summed E-state index contributed by atoms with van der Waals surface area (Å²) in [6.45, 7) is 3.59. The first-order valence-corrected chi connectivity index (χ1v) is 8.92. The third-order valence-corrected chi connectivity index (χ3v) is 4.48. The normalized spacial score (nSPS) is 13.8. The molecule has 0 saturated carbocycles. The Morgan fingerprint density at radius 3 is 2.35 bits per heavy atom. The van der Waals surface area contributed by atoms with Gasteiger partial charge >= 0.3 is 0 Å². The second-order valence-corrected chi connectivity index (χ2v) is 6.27. The number of ether oxygens (including phenoxy) is 1. The molecular formula is C21H29N3O2. The molecule has 2 unspecified atom stereocenters. The lowest BCUT2D eigenvalue weighted by atomic mass is 10.00. The maximum absolute atomic E-state index is 9.68. The highest BCUT2D eigenvalue weighted by molar-refractivity contribution is 5.79. The minimum atomic E-state index is 0.0291. The van der Waals surface area contributed by atoms with Gasteiger partial charge in [-0.3, -0.25) is 4.99 Å². The van der Waals surface area contributed by atoms with Crippen LogP contribution < -0.4 is 15.4 Å². The molecule has 0 saturated heterocycles. The fourth-order valence-corrected chi connectivity index (χ4v) is 2.89. The summed E-state index contributed by atoms with van der Waals surface area (Å²) < 4.78 is 5.44. The van der Waals surface area contributed by atoms with Gasteiger partial charge in [0, 0.05) is 32.0 Å². The molecule has 0 heterocycles. The number of nitrogens with zero attached hydrogens (tertiary/aromatic N) is 1. The van der Waals surface area contributed by atoms with E-state index in [2.05, 4.69) is 28.6 Å². The molecule has 2 aromatic rings. The monoisotopic (exact) mass is 355 g/mol. The van der Waals surface area contributed by atoms with Gasteiger partial charge in [-0.1, -0.05) is 55.5 Å². The zero-order chi connectivity index (χ0) is 18.8. The molecule has 5 nitrogen and oxygen atoms in total. The Balaban J connectivity index is 1.89. The van der Waals surface area contributed by atoms with Crippen molar-refractivity contribution in [2.24, 2.45) is 4.99 Å². The molecular weight excluding hydrogens is 326 g/mol. The van der Waals surface area contributed by atoms with Gasteiger partial charge < -0.3 is 20.5 Å². The number of nitrogens with one attached hydrogen (secondary N) is 2. The summed E-state index contributed by atoms with van der Waals surface area (Å²) in [5.41, 5.74) is 2.27. The predicted octanol–water partition coefficient (Wildman–Crippen LogP) is 2.74. The second-order valence-electron chi connectivity index (χ2n) is 6.27. The van der Waals surface area contributed by atoms with E-state index in [4.69, 9.17) is 4.74 Å². The highest BCUT2D eigenvalue weighted by Crippen LogP contribution is 2.25. The number of para-hydroxylation sites is 1. The number of hydrogen-bond acceptors (Lipinski definition) is 3. The van der Waals surface area contributed by atoms with Gasteiger partial charge in [0.05, 0.1) is 13.7 Å². The molecule has 5 heteroatoms. The smallest absolute Gasteiger partial charge is 0.191 e. The Labute approximate surface area is 156 Å². The number of methoxy groups -OCH3 is 1. The van der Waals surface area contributed by atoms with Crippen LogP contribution in [0.3, 0.4) is 0 Å². The maximum atomic E-state index is 9.68. The molecule has 2 aromatic carbocycles. The molecule has 2 rings (SSSR count). The average Bonchev–Trinajstić information content (AvgIpc) is 2.71. The van der Waals surface area contributed by atoms with Crippen LogP contribution in [0.15, 0.2) is 59.6 Å². The van der Waals surface area contributed by atoms with E-state index in [0.717, 1.165) is 29.4 Å². The van der Waals surface area contributed by atoms with Crippen molar-refractivity contribution in [3.63, 3.8) is 0 Å². The number of benzene rings is 2. The van der Waals surface area contributed by atoms with Crippen LogP contribution in [0.1, 0.15) is 29.9 Å². The third-order valence-electron chi connectivity index (χ3n) is 4.48. The van der Waals surface area contributed by atoms with Crippen LogP contribution >= 0.6 is 0 Å². The molecule has 0 fully saturated rings. The van der Waals surface area contributed by atoms with Gasteiger partial charge in [0.15, 0.2) is 5.96 Å². The zero-order valence-corrected chi connectivity index (χ0v) is 15.8. The maximum Gasteiger partial charge on any atom is 0.191 e. The number of aliphatic imine (C=N–C) groups is 1. The van der Waals surface area contributed by atoms with E-state index in [1.807, 2.05) is 48.5 Å². The summed E-state index contributed by atoms with van der Waals surface area (Å²) in [4.78, 5) is 4.28. The van der Waals surface area contributed by atoms with Crippen LogP contribution in [0.5, 0.6) is 5.75 Å². The Hall–Kier alpha value is -2.53. The lowest BCUT2D eigenvalue weighted by Gasteiger charge is -2.20. The Morgan fingerprint density at radius 2 is 1.69 bits per heavy atom. The van der Waals surface area contributed by atoms with E-state index < -0.39 is 0 Å². The molecule has 26 heavy (non-hydrogen) atoms. The molecule has 0 bridgehead atoms. The summed E-state index contributed by atoms with van der Waals surface area (Å²) >= 11 is 0. The van der Waals surface area contributed by atoms with E-state index >= 15 is 0 Å². The topological polar surface area (TPSA) is 65.9 Å². The van der Waals surface area contributed by atoms with Gasteiger partial charge in [-0.05, 0) is 17.2 Å². The summed E-state index contributed by atoms with van der Waals surface area (Å²) in [6.07, 6.45) is 0. The van der Waals surface area contributed by atoms with E-state index in [9.17, 15) is 5.11 Å². The molecule has 140 valence electrons. The molecule has 0 amide bonds. The molecule has 2 atom stereocenters. The lowest BCUT2D eigenvalue weighted by molar-refractivity contribution is 0.265. The lowest BCUT2D eigenvalue weighted by Crippen LogP contribution is -2.41. The Morgan fingerprint density at radius 1 is 1.04 bits per heavy atom. The standard InChI is InChI=1S/C21H29N3O2/c1-16(19-11-7-8-12-20(19)26-3)13-23-21(22-2)24-14-18(15-25)17-9-5-4-6-10-17/h4-12,16,18,25H,13-15H2,1-3H3,(H2,22,23,24). The van der Waals surface area contributed by atoms with Gasteiger partial charge in [0.2, 0.25) is 0 Å². The molecule has 0 spiro atoms. The highest BCUT2D eigenvalue weighted by atomic mass is 16.5. The van der Waals surface area contributed by atoms with Crippen LogP contribution in [-0.2, 0) is 0 Å². The second kappa shape index (κ2) is 10.5. The fourth-order valence-electron chi connectivity index (χ4n) is 2.89. The Kier molecular flexibility index (Phi) is 7.96. The third kappa shape index (κ3) is 5.49. The van der Waals surface area contributed by atoms with Crippen LogP contribution in [0.2, 0.25) is 0 Å². The van der Waals surface area contributed by atoms with Crippen LogP contribution in [0.4, 0.5) is 0 Å². The zero-order valence-electron chi connectivity index (χ0n) is 15.8. The summed E-state index contributed by atoms with van der Waals surface area (Å²) in [5.74, 6) is 1.92. The van der Waals surface area contributed by atoms with Crippen molar-refractivity contribution in [2.75, 3.05) is 33.9 Å². The largest absolute Gasteiger partial charge is 0.496 e. The van der Waals surface area contributed by atoms with Crippen LogP contribution in [0, 0.1) is 0 Å². The molecule has 0 aliphatic rings. The summed E-state index contributed by atoms with van der Waals surface area (Å²) in [5, 5.41) is 16.3. The van der Waals surface area contributed by atoms with E-state index in [-0.39, 0.29) is 18.4 Å². The number of aliphatic hydroxyl groups is 1. The summed E-state index contributed by atoms with van der Waals surface area (Å²) in [6, 6.07) is 18.1. The fraction of sp³-hybridized carbons (Fsp3) is 0.381. The van der Waals surface area contributed by atoms with E-state index in [0.29, 0.717) is 6.54 Å². The number of aliphatic hydroxyl groups excluding tert-OH is 1. The van der Waals surface area contributed by atoms with Crippen LogP contribution in [0.25, 0.3) is 0 Å². The predicted molar refractivity (Wildman–Crippen MR) is 107 cm³/mol. The minimum Gasteiger partial charge on any atom is -0.496 e. The van der Waals surface area contributed by atoms with Gasteiger partial charge in [-0.25, -0.2) is 0 Å². The molecule has 0 aromatic heterocycles.